The van der Waals surface area contributed by atoms with Gasteiger partial charge in [0.25, 0.3) is 0 Å². The van der Waals surface area contributed by atoms with Crippen molar-refractivity contribution in [2.45, 2.75) is 13.0 Å². The van der Waals surface area contributed by atoms with Crippen LogP contribution in [0.1, 0.15) is 6.92 Å². The van der Waals surface area contributed by atoms with Gasteiger partial charge in [0.15, 0.2) is 0 Å². The summed E-state index contributed by atoms with van der Waals surface area (Å²) < 4.78 is 0. The van der Waals surface area contributed by atoms with Gasteiger partial charge >= 0.3 is 0 Å². The van der Waals surface area contributed by atoms with E-state index in [4.69, 9.17) is 0 Å². The molecule has 2 unspecified atom stereocenters. The molecule has 3 nitrogen and oxygen atoms in total. The molecule has 1 heterocycles. The van der Waals surface area contributed by atoms with Gasteiger partial charge < -0.3 is 10.0 Å². The predicted molar refractivity (Wildman–Crippen MR) is 45.6 cm³/mol. The predicted octanol–water partition coefficient (Wildman–Crippen LogP) is -0.245. The number of carbonyl (C=O) groups is 1. The van der Waals surface area contributed by atoms with Gasteiger partial charge in [-0.1, -0.05) is 6.92 Å². The summed E-state index contributed by atoms with van der Waals surface area (Å²) in [6.07, 6.45) is -0.348. The van der Waals surface area contributed by atoms with Crippen molar-refractivity contribution in [2.24, 2.45) is 5.92 Å². The molecule has 4 heteroatoms. The van der Waals surface area contributed by atoms with E-state index in [9.17, 15) is 9.90 Å². The average molecular weight is 175 g/mol. The molecule has 1 amide bonds. The molecule has 0 aromatic rings. The van der Waals surface area contributed by atoms with Crippen LogP contribution in [0.15, 0.2) is 0 Å². The molecule has 1 aliphatic rings. The Morgan fingerprint density at radius 1 is 1.73 bits per heavy atom. The minimum absolute atomic E-state index is 0.0109. The maximum Gasteiger partial charge on any atom is 0.232 e. The fourth-order valence-electron chi connectivity index (χ4n) is 1.25. The minimum atomic E-state index is -0.348. The van der Waals surface area contributed by atoms with Gasteiger partial charge in [-0.05, 0) is 0 Å². The van der Waals surface area contributed by atoms with Crippen LogP contribution in [0.4, 0.5) is 0 Å². The third-order valence-electron chi connectivity index (χ3n) is 2.06. The zero-order valence-electron chi connectivity index (χ0n) is 6.53. The number of likely N-dealkylation sites (tertiary alicyclic amines) is 1. The van der Waals surface area contributed by atoms with Crippen molar-refractivity contribution in [1.82, 2.24) is 4.90 Å². The first-order valence-electron chi connectivity index (χ1n) is 3.72. The lowest BCUT2D eigenvalue weighted by Gasteiger charge is -2.13. The molecule has 0 radical (unpaired) electrons. The summed E-state index contributed by atoms with van der Waals surface area (Å²) in [6, 6.07) is 0. The highest BCUT2D eigenvalue weighted by atomic mass is 32.1. The zero-order chi connectivity index (χ0) is 8.43. The topological polar surface area (TPSA) is 40.5 Å². The molecule has 0 aliphatic carbocycles. The van der Waals surface area contributed by atoms with Gasteiger partial charge in [-0.25, -0.2) is 0 Å². The van der Waals surface area contributed by atoms with Crippen LogP contribution in [0.3, 0.4) is 0 Å². The number of β-amino-alcohol motifs (C(OH)–C–C–N with tert-alkyl or cyclic N) is 1. The quantitative estimate of drug-likeness (QED) is 0.540. The monoisotopic (exact) mass is 175 g/mol. The maximum atomic E-state index is 11.0. The summed E-state index contributed by atoms with van der Waals surface area (Å²) in [6.45, 7) is 3.08. The summed E-state index contributed by atoms with van der Waals surface area (Å²) in [5.74, 6) is 0.454. The lowest BCUT2D eigenvalue weighted by atomic mass is 10.1. The Bertz CT molecular complexity index is 153. The second kappa shape index (κ2) is 3.45. The SMILES string of the molecule is CC1CN(C(=O)CS)CC1O. The molecular formula is C7H13NO2S. The van der Waals surface area contributed by atoms with Crippen LogP contribution in [-0.4, -0.2) is 40.9 Å². The molecule has 64 valence electrons. The molecule has 1 saturated heterocycles. The lowest BCUT2D eigenvalue weighted by Crippen LogP contribution is -2.30. The van der Waals surface area contributed by atoms with E-state index in [1.807, 2.05) is 6.92 Å². The van der Waals surface area contributed by atoms with Crippen molar-refractivity contribution in [3.05, 3.63) is 0 Å². The molecule has 0 aromatic carbocycles. The summed E-state index contributed by atoms with van der Waals surface area (Å²) in [4.78, 5) is 12.7. The highest BCUT2D eigenvalue weighted by molar-refractivity contribution is 7.81. The Morgan fingerprint density at radius 3 is 2.73 bits per heavy atom. The van der Waals surface area contributed by atoms with E-state index in [2.05, 4.69) is 12.6 Å². The number of amides is 1. The highest BCUT2D eigenvalue weighted by Gasteiger charge is 2.29. The van der Waals surface area contributed by atoms with Gasteiger partial charge in [0.1, 0.15) is 0 Å². The number of hydrogen-bond acceptors (Lipinski definition) is 3. The number of hydrogen-bond donors (Lipinski definition) is 2. The molecule has 1 rings (SSSR count). The largest absolute Gasteiger partial charge is 0.391 e. The second-order valence-electron chi connectivity index (χ2n) is 3.00. The number of carbonyl (C=O) groups excluding carboxylic acids is 1. The van der Waals surface area contributed by atoms with Crippen molar-refractivity contribution in [3.63, 3.8) is 0 Å². The van der Waals surface area contributed by atoms with Crippen LogP contribution in [-0.2, 0) is 4.79 Å². The van der Waals surface area contributed by atoms with Crippen molar-refractivity contribution in [1.29, 1.82) is 0 Å². The molecule has 1 fully saturated rings. The number of aliphatic hydroxyl groups is 1. The molecule has 0 bridgehead atoms. The van der Waals surface area contributed by atoms with Gasteiger partial charge in [-0.3, -0.25) is 4.79 Å². The first-order chi connectivity index (χ1) is 5.15. The second-order valence-corrected chi connectivity index (χ2v) is 3.32. The van der Waals surface area contributed by atoms with E-state index >= 15 is 0 Å². The number of aliphatic hydroxyl groups excluding tert-OH is 1. The summed E-state index contributed by atoms with van der Waals surface area (Å²) in [5, 5.41) is 9.29. The van der Waals surface area contributed by atoms with Gasteiger partial charge in [-0.15, -0.1) is 0 Å². The van der Waals surface area contributed by atoms with E-state index in [1.165, 1.54) is 0 Å². The Hall–Kier alpha value is -0.220. The Morgan fingerprint density at radius 2 is 2.36 bits per heavy atom. The number of rotatable bonds is 1. The van der Waals surface area contributed by atoms with Crippen molar-refractivity contribution < 1.29 is 9.90 Å². The first-order valence-corrected chi connectivity index (χ1v) is 4.35. The van der Waals surface area contributed by atoms with E-state index in [-0.39, 0.29) is 23.7 Å². The molecule has 2 atom stereocenters. The van der Waals surface area contributed by atoms with Gasteiger partial charge in [-0.2, -0.15) is 12.6 Å². The van der Waals surface area contributed by atoms with Gasteiger partial charge in [0, 0.05) is 19.0 Å². The molecule has 1 N–H and O–H groups in total. The third-order valence-corrected chi connectivity index (χ3v) is 2.33. The van der Waals surface area contributed by atoms with Crippen molar-refractivity contribution in [2.75, 3.05) is 18.8 Å². The van der Waals surface area contributed by atoms with E-state index in [0.717, 1.165) is 0 Å². The molecule has 0 spiro atoms. The highest BCUT2D eigenvalue weighted by Crippen LogP contribution is 2.15. The van der Waals surface area contributed by atoms with E-state index in [0.29, 0.717) is 13.1 Å². The maximum absolute atomic E-state index is 11.0. The Kier molecular flexibility index (Phi) is 2.78. The van der Waals surface area contributed by atoms with Crippen LogP contribution < -0.4 is 0 Å². The Labute approximate surface area is 71.8 Å². The molecule has 11 heavy (non-hydrogen) atoms. The third kappa shape index (κ3) is 1.87. The fraction of sp³-hybridized carbons (Fsp3) is 0.857. The van der Waals surface area contributed by atoms with Crippen LogP contribution >= 0.6 is 12.6 Å². The van der Waals surface area contributed by atoms with Crippen LogP contribution in [0.2, 0.25) is 0 Å². The lowest BCUT2D eigenvalue weighted by molar-refractivity contribution is -0.127. The first kappa shape index (κ1) is 8.87. The smallest absolute Gasteiger partial charge is 0.232 e. The Balaban J connectivity index is 2.46. The number of thiol groups is 1. The van der Waals surface area contributed by atoms with Gasteiger partial charge in [0.2, 0.25) is 5.91 Å². The summed E-state index contributed by atoms with van der Waals surface area (Å²) in [5.41, 5.74) is 0. The number of nitrogens with zero attached hydrogens (tertiary/aromatic N) is 1. The van der Waals surface area contributed by atoms with Crippen LogP contribution in [0, 0.1) is 5.92 Å². The normalized spacial score (nSPS) is 31.0. The fourth-order valence-corrected chi connectivity index (χ4v) is 1.45. The van der Waals surface area contributed by atoms with E-state index < -0.39 is 0 Å². The molecule has 1 aliphatic heterocycles. The van der Waals surface area contributed by atoms with E-state index in [1.54, 1.807) is 4.90 Å². The standard InChI is InChI=1S/C7H13NO2S/c1-5-2-8(3-6(5)9)7(10)4-11/h5-6,9,11H,2-4H2,1H3. The van der Waals surface area contributed by atoms with Crippen molar-refractivity contribution in [3.8, 4) is 0 Å². The van der Waals surface area contributed by atoms with Gasteiger partial charge in [0.05, 0.1) is 11.9 Å². The average Bonchev–Trinajstić information content (AvgIpc) is 2.31. The van der Waals surface area contributed by atoms with Crippen LogP contribution in [0.5, 0.6) is 0 Å². The molecule has 0 saturated carbocycles. The molecular weight excluding hydrogens is 162 g/mol. The van der Waals surface area contributed by atoms with Crippen LogP contribution in [0.25, 0.3) is 0 Å². The van der Waals surface area contributed by atoms with Crippen molar-refractivity contribution >= 4 is 18.5 Å². The minimum Gasteiger partial charge on any atom is -0.391 e. The summed E-state index contributed by atoms with van der Waals surface area (Å²) in [7, 11) is 0. The summed E-state index contributed by atoms with van der Waals surface area (Å²) >= 11 is 3.88. The molecule has 0 aromatic heterocycles. The zero-order valence-corrected chi connectivity index (χ0v) is 7.42.